The predicted molar refractivity (Wildman–Crippen MR) is 179 cm³/mol. The van der Waals surface area contributed by atoms with Crippen molar-refractivity contribution in [1.29, 1.82) is 0 Å². The highest BCUT2D eigenvalue weighted by Crippen LogP contribution is 2.48. The van der Waals surface area contributed by atoms with E-state index in [1.54, 1.807) is 6.08 Å². The number of rotatable bonds is 8. The molecule has 0 bridgehead atoms. The zero-order valence-corrected chi connectivity index (χ0v) is 28.2. The lowest BCUT2D eigenvalue weighted by Gasteiger charge is -2.46. The van der Waals surface area contributed by atoms with E-state index in [-0.39, 0.29) is 59.5 Å². The fourth-order valence-electron chi connectivity index (χ4n) is 7.79. The molecule has 3 N–H and O–H groups in total. The fraction of sp³-hybridized carbons (Fsp3) is 0.618. The molecule has 6 aliphatic heterocycles. The molecule has 5 fully saturated rings. The van der Waals surface area contributed by atoms with Gasteiger partial charge in [0.05, 0.1) is 47.8 Å². The predicted octanol–water partition coefficient (Wildman–Crippen LogP) is 2.34. The third-order valence-electron chi connectivity index (χ3n) is 9.88. The average molecular weight is 667 g/mol. The van der Waals surface area contributed by atoms with Crippen LogP contribution in [0.15, 0.2) is 41.0 Å². The lowest BCUT2D eigenvalue weighted by atomic mass is 9.86. The van der Waals surface area contributed by atoms with Crippen molar-refractivity contribution in [2.45, 2.75) is 75.8 Å². The molecule has 3 unspecified atom stereocenters. The maximum atomic E-state index is 13.8. The van der Waals surface area contributed by atoms with Crippen LogP contribution in [0.4, 0.5) is 10.5 Å². The zero-order valence-electron chi connectivity index (χ0n) is 27.4. The molecule has 0 aromatic heterocycles. The number of nitrogens with one attached hydrogen (secondary N) is 3. The van der Waals surface area contributed by atoms with Crippen LogP contribution in [-0.2, 0) is 19.1 Å². The van der Waals surface area contributed by atoms with Crippen LogP contribution >= 0.6 is 11.8 Å². The first-order chi connectivity index (χ1) is 22.7. The summed E-state index contributed by atoms with van der Waals surface area (Å²) in [6.07, 6.45) is 6.26. The Hall–Kier alpha value is -3.10. The molecule has 5 saturated heterocycles. The van der Waals surface area contributed by atoms with Crippen LogP contribution < -0.4 is 25.6 Å². The summed E-state index contributed by atoms with van der Waals surface area (Å²) in [5.41, 5.74) is 2.53. The largest absolute Gasteiger partial charge is 0.491 e. The second kappa shape index (κ2) is 13.8. The van der Waals surface area contributed by atoms with Gasteiger partial charge < -0.3 is 35.1 Å². The van der Waals surface area contributed by atoms with Crippen molar-refractivity contribution < 1.29 is 28.6 Å². The van der Waals surface area contributed by atoms with Crippen LogP contribution in [0.3, 0.4) is 0 Å². The normalized spacial score (nSPS) is 30.9. The number of carbonyl (C=O) groups excluding carboxylic acids is 3. The van der Waals surface area contributed by atoms with Gasteiger partial charge in [-0.2, -0.15) is 0 Å². The second-order valence-electron chi connectivity index (χ2n) is 13.6. The number of anilines is 1. The topological polar surface area (TPSA) is 125 Å². The van der Waals surface area contributed by atoms with E-state index < -0.39 is 0 Å². The summed E-state index contributed by atoms with van der Waals surface area (Å²) in [5, 5.41) is 9.87. The number of nitrogens with zero attached hydrogens (tertiary/aromatic N) is 3. The molecule has 0 spiro atoms. The highest BCUT2D eigenvalue weighted by atomic mass is 32.2. The van der Waals surface area contributed by atoms with Gasteiger partial charge in [0, 0.05) is 62.1 Å². The number of aryl methyl sites for hydroxylation is 1. The summed E-state index contributed by atoms with van der Waals surface area (Å²) in [6.45, 7) is 11.4. The standard InChI is InChI=1S/C34H46N6O6S/c1-20(2)46-23-8-9-24(21(3)16-23)40-25-10-11-35-33-29(25)30(37-34(40)43)31(47-33)32(42)36-22-6-4-13-39(17-22)28(41)7-5-12-38-18-26-27(19-38)45-15-14-44-26/h5,7-9,16,20,22,25-27,29,33,35H,4,6,10-15,17-19H2,1-3H3,(H,36,42)(H,37,43)/b7-5+/t22-,25?,26-,27+,29?,33?/m1/s1. The van der Waals surface area contributed by atoms with Crippen molar-refractivity contribution in [2.24, 2.45) is 5.92 Å². The number of urea groups is 1. The van der Waals surface area contributed by atoms with Gasteiger partial charge in [-0.1, -0.05) is 17.8 Å². The quantitative estimate of drug-likeness (QED) is 0.359. The molecular formula is C34H46N6O6S. The van der Waals surface area contributed by atoms with Crippen LogP contribution in [0.2, 0.25) is 0 Å². The number of piperidine rings is 2. The highest BCUT2D eigenvalue weighted by Gasteiger charge is 2.52. The summed E-state index contributed by atoms with van der Waals surface area (Å²) in [7, 11) is 0. The number of amides is 4. The molecule has 6 atom stereocenters. The Morgan fingerprint density at radius 1 is 1.15 bits per heavy atom. The Balaban J connectivity index is 0.981. The van der Waals surface area contributed by atoms with Gasteiger partial charge in [0.1, 0.15) is 5.75 Å². The minimum absolute atomic E-state index is 0.0105. The van der Waals surface area contributed by atoms with Crippen LogP contribution in [0.1, 0.15) is 38.7 Å². The summed E-state index contributed by atoms with van der Waals surface area (Å²) in [6, 6.07) is 5.41. The van der Waals surface area contributed by atoms with Gasteiger partial charge >= 0.3 is 6.03 Å². The molecule has 1 aromatic carbocycles. The molecule has 0 saturated carbocycles. The molecule has 4 amide bonds. The van der Waals surface area contributed by atoms with E-state index in [9.17, 15) is 14.4 Å². The van der Waals surface area contributed by atoms with Crippen LogP contribution in [0.5, 0.6) is 5.75 Å². The van der Waals surface area contributed by atoms with Gasteiger partial charge in [-0.25, -0.2) is 4.79 Å². The summed E-state index contributed by atoms with van der Waals surface area (Å²) < 4.78 is 17.5. The number of likely N-dealkylation sites (tertiary alicyclic amines) is 2. The first kappa shape index (κ1) is 32.4. The van der Waals surface area contributed by atoms with E-state index in [4.69, 9.17) is 14.2 Å². The molecule has 47 heavy (non-hydrogen) atoms. The van der Waals surface area contributed by atoms with Crippen LogP contribution in [0, 0.1) is 12.8 Å². The van der Waals surface area contributed by atoms with Crippen LogP contribution in [0.25, 0.3) is 0 Å². The van der Waals surface area contributed by atoms with Gasteiger partial charge in [-0.05, 0) is 70.3 Å². The van der Waals surface area contributed by atoms with Crippen molar-refractivity contribution >= 4 is 35.3 Å². The number of thioether (sulfide) groups is 1. The molecule has 0 radical (unpaired) electrons. The molecular weight excluding hydrogens is 620 g/mol. The van der Waals surface area contributed by atoms with Gasteiger partial charge in [0.15, 0.2) is 0 Å². The lowest BCUT2D eigenvalue weighted by molar-refractivity contribution is -0.128. The minimum atomic E-state index is -0.218. The highest BCUT2D eigenvalue weighted by molar-refractivity contribution is 8.04. The Bertz CT molecular complexity index is 1440. The Kier molecular flexibility index (Phi) is 9.52. The number of hydrogen-bond donors (Lipinski definition) is 3. The van der Waals surface area contributed by atoms with Crippen molar-refractivity contribution in [3.63, 3.8) is 0 Å². The molecule has 0 aliphatic carbocycles. The summed E-state index contributed by atoms with van der Waals surface area (Å²) in [4.78, 5) is 47.0. The lowest BCUT2D eigenvalue weighted by Crippen LogP contribution is -2.62. The Morgan fingerprint density at radius 2 is 1.94 bits per heavy atom. The summed E-state index contributed by atoms with van der Waals surface area (Å²) >= 11 is 1.50. The molecule has 13 heteroatoms. The average Bonchev–Trinajstić information content (AvgIpc) is 3.63. The number of carbonyl (C=O) groups is 3. The van der Waals surface area contributed by atoms with E-state index in [0.29, 0.717) is 43.5 Å². The Morgan fingerprint density at radius 3 is 2.68 bits per heavy atom. The third-order valence-corrected chi connectivity index (χ3v) is 11.2. The van der Waals surface area contributed by atoms with Gasteiger partial charge in [0.2, 0.25) is 5.91 Å². The first-order valence-corrected chi connectivity index (χ1v) is 17.9. The SMILES string of the molecule is Cc1cc(OC(C)C)ccc1N1C(=O)NC2=C(C(=O)N[C@@H]3CCCN(C(=O)/C=C/CN4C[C@@H]5OCCO[C@@H]5C4)C3)SC3NCCC1C23. The smallest absolute Gasteiger partial charge is 0.326 e. The van der Waals surface area contributed by atoms with Crippen LogP contribution in [-0.4, -0.2) is 116 Å². The summed E-state index contributed by atoms with van der Waals surface area (Å²) in [5.74, 6) is 0.518. The number of ether oxygens (including phenoxy) is 3. The van der Waals surface area contributed by atoms with E-state index in [0.717, 1.165) is 55.9 Å². The molecule has 254 valence electrons. The Labute approximate surface area is 280 Å². The van der Waals surface area contributed by atoms with Crippen molar-refractivity contribution in [2.75, 3.05) is 57.4 Å². The van der Waals surface area contributed by atoms with E-state index >= 15 is 0 Å². The second-order valence-corrected chi connectivity index (χ2v) is 14.7. The monoisotopic (exact) mass is 666 g/mol. The number of fused-ring (bicyclic) bond motifs is 1. The van der Waals surface area contributed by atoms with Gasteiger partial charge in [-0.3, -0.25) is 19.4 Å². The van der Waals surface area contributed by atoms with E-state index in [2.05, 4.69) is 20.9 Å². The maximum Gasteiger partial charge on any atom is 0.326 e. The van der Waals surface area contributed by atoms with E-state index in [1.807, 2.05) is 54.8 Å². The van der Waals surface area contributed by atoms with E-state index in [1.165, 1.54) is 11.8 Å². The number of hydrogen-bond acceptors (Lipinski definition) is 9. The van der Waals surface area contributed by atoms with Crippen molar-refractivity contribution in [3.05, 3.63) is 46.5 Å². The molecule has 6 aliphatic rings. The molecule has 7 rings (SSSR count). The number of benzene rings is 1. The fourth-order valence-corrected chi connectivity index (χ4v) is 9.19. The molecule has 1 aromatic rings. The van der Waals surface area contributed by atoms with Gasteiger partial charge in [-0.15, -0.1) is 0 Å². The van der Waals surface area contributed by atoms with Gasteiger partial charge in [0.25, 0.3) is 5.91 Å². The first-order valence-electron chi connectivity index (χ1n) is 17.0. The minimum Gasteiger partial charge on any atom is -0.491 e. The third kappa shape index (κ3) is 6.78. The zero-order chi connectivity index (χ0) is 32.7. The van der Waals surface area contributed by atoms with Crippen molar-refractivity contribution in [1.82, 2.24) is 25.8 Å². The maximum absolute atomic E-state index is 13.8. The molecule has 6 heterocycles. The van der Waals surface area contributed by atoms with Crippen molar-refractivity contribution in [3.8, 4) is 5.75 Å². The molecule has 12 nitrogen and oxygen atoms in total.